The summed E-state index contributed by atoms with van der Waals surface area (Å²) in [5, 5.41) is 3.29. The van der Waals surface area contributed by atoms with Crippen molar-refractivity contribution in [3.63, 3.8) is 0 Å². The van der Waals surface area contributed by atoms with Gasteiger partial charge in [0, 0.05) is 4.47 Å². The summed E-state index contributed by atoms with van der Waals surface area (Å²) in [6, 6.07) is 5.25. The van der Waals surface area contributed by atoms with Crippen LogP contribution < -0.4 is 5.32 Å². The second-order valence-corrected chi connectivity index (χ2v) is 6.26. The highest BCUT2D eigenvalue weighted by molar-refractivity contribution is 9.10. The molecule has 0 amide bonds. The SMILES string of the molecule is CNCC1CCCCC1Cc1cc(F)cc(Br)c1. The zero-order chi connectivity index (χ0) is 13.0. The zero-order valence-corrected chi connectivity index (χ0v) is 12.5. The molecule has 0 spiro atoms. The quantitative estimate of drug-likeness (QED) is 0.880. The summed E-state index contributed by atoms with van der Waals surface area (Å²) in [6.45, 7) is 1.08. The van der Waals surface area contributed by atoms with Gasteiger partial charge in [-0.3, -0.25) is 0 Å². The summed E-state index contributed by atoms with van der Waals surface area (Å²) in [4.78, 5) is 0. The molecule has 0 bridgehead atoms. The van der Waals surface area contributed by atoms with Crippen LogP contribution in [0.2, 0.25) is 0 Å². The van der Waals surface area contributed by atoms with Crippen molar-refractivity contribution >= 4 is 15.9 Å². The second-order valence-electron chi connectivity index (χ2n) is 5.34. The van der Waals surface area contributed by atoms with Crippen LogP contribution in [0.15, 0.2) is 22.7 Å². The van der Waals surface area contributed by atoms with Gasteiger partial charge in [0.1, 0.15) is 5.82 Å². The minimum atomic E-state index is -0.139. The first kappa shape index (κ1) is 14.0. The lowest BCUT2D eigenvalue weighted by molar-refractivity contribution is 0.232. The molecular formula is C15H21BrFN. The van der Waals surface area contributed by atoms with Crippen molar-refractivity contribution in [2.24, 2.45) is 11.8 Å². The van der Waals surface area contributed by atoms with Gasteiger partial charge < -0.3 is 5.32 Å². The number of benzene rings is 1. The normalized spacial score (nSPS) is 24.2. The van der Waals surface area contributed by atoms with E-state index in [1.807, 2.05) is 13.1 Å². The molecule has 0 aliphatic heterocycles. The van der Waals surface area contributed by atoms with Crippen molar-refractivity contribution in [2.75, 3.05) is 13.6 Å². The van der Waals surface area contributed by atoms with Gasteiger partial charge in [-0.25, -0.2) is 4.39 Å². The molecule has 1 saturated carbocycles. The molecule has 0 saturated heterocycles. The Balaban J connectivity index is 2.05. The van der Waals surface area contributed by atoms with Gasteiger partial charge in [-0.05, 0) is 68.5 Å². The average Bonchev–Trinajstić information content (AvgIpc) is 2.30. The topological polar surface area (TPSA) is 12.0 Å². The third-order valence-electron chi connectivity index (χ3n) is 3.95. The van der Waals surface area contributed by atoms with E-state index in [9.17, 15) is 4.39 Å². The Morgan fingerprint density at radius 2 is 1.94 bits per heavy atom. The molecule has 1 nitrogen and oxygen atoms in total. The molecule has 2 atom stereocenters. The molecule has 1 aliphatic rings. The van der Waals surface area contributed by atoms with Crippen molar-refractivity contribution in [1.82, 2.24) is 5.32 Å². The molecule has 2 unspecified atom stereocenters. The van der Waals surface area contributed by atoms with Crippen LogP contribution in [0.4, 0.5) is 4.39 Å². The van der Waals surface area contributed by atoms with Gasteiger partial charge in [0.15, 0.2) is 0 Å². The smallest absolute Gasteiger partial charge is 0.124 e. The monoisotopic (exact) mass is 313 g/mol. The van der Waals surface area contributed by atoms with Crippen molar-refractivity contribution in [2.45, 2.75) is 32.1 Å². The molecule has 0 radical (unpaired) electrons. The molecule has 100 valence electrons. The van der Waals surface area contributed by atoms with Crippen LogP contribution >= 0.6 is 15.9 Å². The number of nitrogens with one attached hydrogen (secondary N) is 1. The van der Waals surface area contributed by atoms with Gasteiger partial charge in [0.2, 0.25) is 0 Å². The fourth-order valence-electron chi connectivity index (χ4n) is 3.12. The summed E-state index contributed by atoms with van der Waals surface area (Å²) in [5.41, 5.74) is 1.12. The lowest BCUT2D eigenvalue weighted by atomic mass is 9.76. The van der Waals surface area contributed by atoms with Crippen LogP contribution in [-0.2, 0) is 6.42 Å². The standard InChI is InChI=1S/C15H21BrFN/c1-18-10-13-5-3-2-4-12(13)6-11-7-14(16)9-15(17)8-11/h7-9,12-13,18H,2-6,10H2,1H3. The number of hydrogen-bond donors (Lipinski definition) is 1. The van der Waals surface area contributed by atoms with Gasteiger partial charge in [0.25, 0.3) is 0 Å². The van der Waals surface area contributed by atoms with E-state index in [-0.39, 0.29) is 5.82 Å². The van der Waals surface area contributed by atoms with E-state index in [1.165, 1.54) is 31.7 Å². The number of halogens is 2. The first-order valence-electron chi connectivity index (χ1n) is 6.78. The van der Waals surface area contributed by atoms with Gasteiger partial charge in [0.05, 0.1) is 0 Å². The highest BCUT2D eigenvalue weighted by Gasteiger charge is 2.24. The fourth-order valence-corrected chi connectivity index (χ4v) is 3.63. The van der Waals surface area contributed by atoms with Crippen LogP contribution in [0, 0.1) is 17.7 Å². The molecule has 1 fully saturated rings. The van der Waals surface area contributed by atoms with Crippen molar-refractivity contribution < 1.29 is 4.39 Å². The van der Waals surface area contributed by atoms with Crippen LogP contribution in [-0.4, -0.2) is 13.6 Å². The Morgan fingerprint density at radius 1 is 1.22 bits per heavy atom. The van der Waals surface area contributed by atoms with Crippen LogP contribution in [0.25, 0.3) is 0 Å². The zero-order valence-electron chi connectivity index (χ0n) is 10.9. The molecular weight excluding hydrogens is 293 g/mol. The Hall–Kier alpha value is -0.410. The highest BCUT2D eigenvalue weighted by Crippen LogP contribution is 2.32. The Kier molecular flexibility index (Phi) is 5.19. The maximum Gasteiger partial charge on any atom is 0.124 e. The van der Waals surface area contributed by atoms with Crippen molar-refractivity contribution in [3.05, 3.63) is 34.1 Å². The molecule has 2 rings (SSSR count). The van der Waals surface area contributed by atoms with Crippen LogP contribution in [0.1, 0.15) is 31.2 Å². The van der Waals surface area contributed by atoms with Gasteiger partial charge in [-0.15, -0.1) is 0 Å². The van der Waals surface area contributed by atoms with Gasteiger partial charge in [-0.1, -0.05) is 28.8 Å². The molecule has 18 heavy (non-hydrogen) atoms. The summed E-state index contributed by atoms with van der Waals surface area (Å²) >= 11 is 3.37. The highest BCUT2D eigenvalue weighted by atomic mass is 79.9. The number of rotatable bonds is 4. The van der Waals surface area contributed by atoms with Gasteiger partial charge in [-0.2, -0.15) is 0 Å². The Labute approximate surface area is 117 Å². The molecule has 0 heterocycles. The minimum Gasteiger partial charge on any atom is -0.319 e. The van der Waals surface area contributed by atoms with Crippen molar-refractivity contribution in [1.29, 1.82) is 0 Å². The maximum absolute atomic E-state index is 13.4. The summed E-state index contributed by atoms with van der Waals surface area (Å²) in [7, 11) is 2.02. The van der Waals surface area contributed by atoms with E-state index in [2.05, 4.69) is 21.2 Å². The third kappa shape index (κ3) is 3.79. The molecule has 1 N–H and O–H groups in total. The van der Waals surface area contributed by atoms with Crippen LogP contribution in [0.3, 0.4) is 0 Å². The molecule has 1 aromatic carbocycles. The van der Waals surface area contributed by atoms with Crippen LogP contribution in [0.5, 0.6) is 0 Å². The summed E-state index contributed by atoms with van der Waals surface area (Å²) in [6.07, 6.45) is 6.25. The van der Waals surface area contributed by atoms with E-state index in [0.717, 1.165) is 28.9 Å². The first-order chi connectivity index (χ1) is 8.69. The Morgan fingerprint density at radius 3 is 2.61 bits per heavy atom. The van der Waals surface area contributed by atoms with Gasteiger partial charge >= 0.3 is 0 Å². The first-order valence-corrected chi connectivity index (χ1v) is 7.58. The average molecular weight is 314 g/mol. The summed E-state index contributed by atoms with van der Waals surface area (Å²) < 4.78 is 14.2. The largest absolute Gasteiger partial charge is 0.319 e. The maximum atomic E-state index is 13.4. The molecule has 1 aliphatic carbocycles. The summed E-state index contributed by atoms with van der Waals surface area (Å²) in [5.74, 6) is 1.30. The minimum absolute atomic E-state index is 0.139. The van der Waals surface area contributed by atoms with E-state index in [1.54, 1.807) is 6.07 Å². The molecule has 3 heteroatoms. The molecule has 0 aromatic heterocycles. The van der Waals surface area contributed by atoms with E-state index in [4.69, 9.17) is 0 Å². The van der Waals surface area contributed by atoms with E-state index >= 15 is 0 Å². The Bertz CT molecular complexity index is 372. The lowest BCUT2D eigenvalue weighted by Crippen LogP contribution is -2.30. The molecule has 1 aromatic rings. The van der Waals surface area contributed by atoms with E-state index < -0.39 is 0 Å². The lowest BCUT2D eigenvalue weighted by Gasteiger charge is -2.31. The van der Waals surface area contributed by atoms with Crippen molar-refractivity contribution in [3.8, 4) is 0 Å². The third-order valence-corrected chi connectivity index (χ3v) is 4.41. The predicted molar refractivity (Wildman–Crippen MR) is 77.2 cm³/mol. The van der Waals surface area contributed by atoms with E-state index in [0.29, 0.717) is 5.92 Å². The number of hydrogen-bond acceptors (Lipinski definition) is 1. The fraction of sp³-hybridized carbons (Fsp3) is 0.600. The second kappa shape index (κ2) is 6.67. The predicted octanol–water partition coefficient (Wildman–Crippen LogP) is 4.16.